The predicted molar refractivity (Wildman–Crippen MR) is 138 cm³/mol. The highest BCUT2D eigenvalue weighted by Crippen LogP contribution is 2.15. The van der Waals surface area contributed by atoms with Gasteiger partial charge in [0.25, 0.3) is 0 Å². The Morgan fingerprint density at radius 1 is 0.625 bits per heavy atom. The third-order valence-electron chi connectivity index (χ3n) is 5.05. The molecule has 0 atom stereocenters. The van der Waals surface area contributed by atoms with E-state index in [0.717, 1.165) is 37.3 Å². The molecule has 0 unspecified atom stereocenters. The highest BCUT2D eigenvalue weighted by atomic mass is 15.3. The van der Waals surface area contributed by atoms with Crippen LogP contribution in [0.15, 0.2) is 68.9 Å². The Morgan fingerprint density at radius 3 is 1.22 bits per heavy atom. The van der Waals surface area contributed by atoms with Gasteiger partial charge in [-0.05, 0) is 63.1 Å². The van der Waals surface area contributed by atoms with Crippen LogP contribution in [0, 0.1) is 0 Å². The SMILES string of the molecule is CCN(CC)c1ccc(C=NN=C(N)C(N)=NN=Cc2ccc(N(CC)CC)cc2)cc1. The van der Waals surface area contributed by atoms with Crippen molar-refractivity contribution in [1.29, 1.82) is 0 Å². The monoisotopic (exact) mass is 434 g/mol. The summed E-state index contributed by atoms with van der Waals surface area (Å²) in [7, 11) is 0. The molecule has 2 rings (SSSR count). The molecule has 0 radical (unpaired) electrons. The average molecular weight is 435 g/mol. The van der Waals surface area contributed by atoms with Crippen molar-refractivity contribution in [3.8, 4) is 0 Å². The van der Waals surface area contributed by atoms with Gasteiger partial charge < -0.3 is 21.3 Å². The Labute approximate surface area is 191 Å². The van der Waals surface area contributed by atoms with Crippen LogP contribution in [0.3, 0.4) is 0 Å². The molecule has 32 heavy (non-hydrogen) atoms. The van der Waals surface area contributed by atoms with Crippen molar-refractivity contribution in [2.75, 3.05) is 36.0 Å². The number of anilines is 2. The number of nitrogens with two attached hydrogens (primary N) is 2. The minimum absolute atomic E-state index is 0.00930. The summed E-state index contributed by atoms with van der Waals surface area (Å²) in [4.78, 5) is 4.54. The Bertz CT molecular complexity index is 855. The predicted octanol–water partition coefficient (Wildman–Crippen LogP) is 3.46. The van der Waals surface area contributed by atoms with Gasteiger partial charge in [0.05, 0.1) is 12.4 Å². The van der Waals surface area contributed by atoms with Crippen LogP contribution in [0.2, 0.25) is 0 Å². The Hall–Kier alpha value is -3.68. The van der Waals surface area contributed by atoms with Crippen LogP contribution in [0.5, 0.6) is 0 Å². The van der Waals surface area contributed by atoms with Gasteiger partial charge in [0.15, 0.2) is 11.7 Å². The summed E-state index contributed by atoms with van der Waals surface area (Å²) in [6.07, 6.45) is 3.24. The lowest BCUT2D eigenvalue weighted by atomic mass is 10.2. The third-order valence-corrected chi connectivity index (χ3v) is 5.05. The van der Waals surface area contributed by atoms with Crippen molar-refractivity contribution in [3.05, 3.63) is 59.7 Å². The van der Waals surface area contributed by atoms with Crippen molar-refractivity contribution in [3.63, 3.8) is 0 Å². The molecule has 2 aromatic rings. The van der Waals surface area contributed by atoms with Gasteiger partial charge in [-0.3, -0.25) is 0 Å². The molecule has 8 heteroatoms. The lowest BCUT2D eigenvalue weighted by Crippen LogP contribution is -2.30. The molecule has 8 nitrogen and oxygen atoms in total. The summed E-state index contributed by atoms with van der Waals surface area (Å²) in [6, 6.07) is 16.2. The first kappa shape index (κ1) is 24.6. The van der Waals surface area contributed by atoms with E-state index in [0.29, 0.717) is 0 Å². The highest BCUT2D eigenvalue weighted by molar-refractivity contribution is 6.39. The first-order valence-corrected chi connectivity index (χ1v) is 11.0. The fourth-order valence-electron chi connectivity index (χ4n) is 3.14. The number of amidine groups is 2. The van der Waals surface area contributed by atoms with Gasteiger partial charge in [-0.2, -0.15) is 10.2 Å². The average Bonchev–Trinajstić information content (AvgIpc) is 2.82. The van der Waals surface area contributed by atoms with Crippen LogP contribution in [-0.4, -0.2) is 50.3 Å². The van der Waals surface area contributed by atoms with E-state index in [1.807, 2.05) is 24.3 Å². The van der Waals surface area contributed by atoms with Crippen molar-refractivity contribution < 1.29 is 0 Å². The molecule has 0 aromatic heterocycles. The Morgan fingerprint density at radius 2 is 0.938 bits per heavy atom. The Kier molecular flexibility index (Phi) is 9.90. The molecule has 4 N–H and O–H groups in total. The van der Waals surface area contributed by atoms with Crippen LogP contribution in [0.1, 0.15) is 38.8 Å². The smallest absolute Gasteiger partial charge is 0.190 e. The summed E-state index contributed by atoms with van der Waals surface area (Å²) in [5, 5.41) is 15.8. The van der Waals surface area contributed by atoms with E-state index in [9.17, 15) is 0 Å². The fraction of sp³-hybridized carbons (Fsp3) is 0.333. The molecule has 0 aliphatic rings. The molecule has 0 amide bonds. The van der Waals surface area contributed by atoms with Gasteiger partial charge >= 0.3 is 0 Å². The van der Waals surface area contributed by atoms with Gasteiger partial charge in [-0.25, -0.2) is 0 Å². The number of nitrogens with zero attached hydrogens (tertiary/aromatic N) is 6. The summed E-state index contributed by atoms with van der Waals surface area (Å²) < 4.78 is 0. The zero-order valence-corrected chi connectivity index (χ0v) is 19.4. The maximum atomic E-state index is 5.84. The van der Waals surface area contributed by atoms with E-state index in [-0.39, 0.29) is 11.7 Å². The summed E-state index contributed by atoms with van der Waals surface area (Å²) >= 11 is 0. The molecular weight excluding hydrogens is 400 g/mol. The topological polar surface area (TPSA) is 108 Å². The lowest BCUT2D eigenvalue weighted by molar-refractivity contribution is 0.866. The van der Waals surface area contributed by atoms with E-state index in [1.54, 1.807) is 12.4 Å². The Balaban J connectivity index is 1.96. The first-order chi connectivity index (χ1) is 15.5. The third kappa shape index (κ3) is 7.23. The quantitative estimate of drug-likeness (QED) is 0.339. The molecule has 0 saturated heterocycles. The van der Waals surface area contributed by atoms with Crippen molar-refractivity contribution in [1.82, 2.24) is 0 Å². The van der Waals surface area contributed by atoms with Crippen LogP contribution >= 0.6 is 0 Å². The molecule has 2 aromatic carbocycles. The minimum atomic E-state index is 0.00930. The maximum absolute atomic E-state index is 5.84. The van der Waals surface area contributed by atoms with E-state index < -0.39 is 0 Å². The van der Waals surface area contributed by atoms with Gasteiger partial charge in [-0.1, -0.05) is 24.3 Å². The second kappa shape index (κ2) is 12.9. The van der Waals surface area contributed by atoms with E-state index in [1.165, 1.54) is 11.4 Å². The van der Waals surface area contributed by atoms with E-state index in [4.69, 9.17) is 11.5 Å². The summed E-state index contributed by atoms with van der Waals surface area (Å²) in [6.45, 7) is 12.4. The van der Waals surface area contributed by atoms with Crippen LogP contribution in [0.25, 0.3) is 0 Å². The van der Waals surface area contributed by atoms with Gasteiger partial charge in [-0.15, -0.1) is 10.2 Å². The van der Waals surface area contributed by atoms with Crippen LogP contribution in [-0.2, 0) is 0 Å². The molecule has 0 aliphatic carbocycles. The summed E-state index contributed by atoms with van der Waals surface area (Å²) in [5.41, 5.74) is 15.9. The molecule has 0 saturated carbocycles. The number of benzene rings is 2. The van der Waals surface area contributed by atoms with E-state index in [2.05, 4.69) is 82.2 Å². The molecule has 0 spiro atoms. The largest absolute Gasteiger partial charge is 0.379 e. The van der Waals surface area contributed by atoms with Crippen molar-refractivity contribution >= 4 is 35.5 Å². The van der Waals surface area contributed by atoms with Gasteiger partial charge in [0, 0.05) is 37.6 Å². The number of hydrogen-bond donors (Lipinski definition) is 2. The highest BCUT2D eigenvalue weighted by Gasteiger charge is 2.02. The van der Waals surface area contributed by atoms with Crippen molar-refractivity contribution in [2.24, 2.45) is 31.9 Å². The summed E-state index contributed by atoms with van der Waals surface area (Å²) in [5.74, 6) is 0.0186. The molecular formula is C24H34N8. The minimum Gasteiger partial charge on any atom is -0.379 e. The second-order valence-electron chi connectivity index (χ2n) is 6.99. The first-order valence-electron chi connectivity index (χ1n) is 11.0. The standard InChI is InChI=1S/C24H34N8/c1-5-31(6-2)21-13-9-19(10-14-21)17-27-29-23(25)24(26)30-28-18-20-11-15-22(16-12-20)32(7-3)8-4/h9-18H,5-8H2,1-4H3,(H2,25,29)(H2,26,30). The normalized spacial score (nSPS) is 12.6. The second-order valence-corrected chi connectivity index (χ2v) is 6.99. The molecule has 0 heterocycles. The van der Waals surface area contributed by atoms with Gasteiger partial charge in [0.2, 0.25) is 0 Å². The van der Waals surface area contributed by atoms with Crippen LogP contribution < -0.4 is 21.3 Å². The van der Waals surface area contributed by atoms with Crippen molar-refractivity contribution in [2.45, 2.75) is 27.7 Å². The number of hydrogen-bond acceptors (Lipinski definition) is 6. The molecule has 0 bridgehead atoms. The van der Waals surface area contributed by atoms with Gasteiger partial charge in [0.1, 0.15) is 0 Å². The van der Waals surface area contributed by atoms with E-state index >= 15 is 0 Å². The fourth-order valence-corrected chi connectivity index (χ4v) is 3.14. The number of rotatable bonds is 10. The molecule has 170 valence electrons. The lowest BCUT2D eigenvalue weighted by Gasteiger charge is -2.20. The molecule has 0 aliphatic heterocycles. The maximum Gasteiger partial charge on any atom is 0.190 e. The zero-order valence-electron chi connectivity index (χ0n) is 19.4. The molecule has 0 fully saturated rings. The zero-order chi connectivity index (χ0) is 23.3. The van der Waals surface area contributed by atoms with Crippen LogP contribution in [0.4, 0.5) is 11.4 Å².